The summed E-state index contributed by atoms with van der Waals surface area (Å²) in [6.45, 7) is 3.41. The van der Waals surface area contributed by atoms with Gasteiger partial charge in [-0.25, -0.2) is 4.79 Å². The molecule has 0 fully saturated rings. The third-order valence-corrected chi connectivity index (χ3v) is 3.07. The Balaban J connectivity index is 2.84. The Morgan fingerprint density at radius 2 is 2.15 bits per heavy atom. The van der Waals surface area contributed by atoms with Gasteiger partial charge in [-0.3, -0.25) is 10.1 Å². The highest BCUT2D eigenvalue weighted by atomic mass is 16.6. The van der Waals surface area contributed by atoms with Crippen LogP contribution in [-0.2, 0) is 9.53 Å². The summed E-state index contributed by atoms with van der Waals surface area (Å²) in [5.41, 5.74) is -0.357. The lowest BCUT2D eigenvalue weighted by atomic mass is 10.0. The van der Waals surface area contributed by atoms with Crippen molar-refractivity contribution in [3.63, 3.8) is 0 Å². The van der Waals surface area contributed by atoms with Gasteiger partial charge in [0.25, 0.3) is 5.69 Å². The van der Waals surface area contributed by atoms with Gasteiger partial charge in [0.15, 0.2) is 0 Å². The molecule has 1 N–H and O–H groups in total. The lowest BCUT2D eigenvalue weighted by Crippen LogP contribution is -2.52. The molecule has 1 atom stereocenters. The highest BCUT2D eigenvalue weighted by Gasteiger charge is 2.33. The summed E-state index contributed by atoms with van der Waals surface area (Å²) in [7, 11) is 2.93. The maximum absolute atomic E-state index is 11.7. The van der Waals surface area contributed by atoms with Crippen LogP contribution in [-0.4, -0.2) is 37.2 Å². The van der Waals surface area contributed by atoms with Crippen LogP contribution in [0.3, 0.4) is 0 Å². The summed E-state index contributed by atoms with van der Waals surface area (Å²) in [5.74, 6) is 0.0422. The number of aryl methyl sites for hydroxylation is 1. The summed E-state index contributed by atoms with van der Waals surface area (Å²) >= 11 is 0. The summed E-state index contributed by atoms with van der Waals surface area (Å²) in [4.78, 5) is 21.8. The van der Waals surface area contributed by atoms with Crippen molar-refractivity contribution >= 4 is 11.7 Å². The lowest BCUT2D eigenvalue weighted by molar-refractivity contribution is -0.384. The minimum atomic E-state index is -0.983. The predicted octanol–water partition coefficient (Wildman–Crippen LogP) is 1.43. The average molecular weight is 282 g/mol. The number of carbonyl (C=O) groups excluding carboxylic acids is 1. The maximum atomic E-state index is 11.7. The van der Waals surface area contributed by atoms with Gasteiger partial charge < -0.3 is 14.8 Å². The molecule has 0 aliphatic heterocycles. The van der Waals surface area contributed by atoms with Crippen molar-refractivity contribution in [2.75, 3.05) is 20.8 Å². The molecule has 1 aromatic rings. The molecule has 0 bridgehead atoms. The molecule has 0 aliphatic rings. The standard InChI is InChI=1S/C13H18N2O5/c1-9-7-10(15(17)18)5-6-11(9)20-8-13(2,14-3)12(16)19-4/h5-7,14H,8H2,1-4H3. The van der Waals surface area contributed by atoms with E-state index in [0.717, 1.165) is 0 Å². The van der Waals surface area contributed by atoms with E-state index in [1.807, 2.05) is 0 Å². The number of ether oxygens (including phenoxy) is 2. The molecule has 7 heteroatoms. The maximum Gasteiger partial charge on any atom is 0.329 e. The Kier molecular flexibility index (Phi) is 5.04. The third kappa shape index (κ3) is 3.45. The Morgan fingerprint density at radius 1 is 1.50 bits per heavy atom. The number of hydrogen-bond acceptors (Lipinski definition) is 6. The van der Waals surface area contributed by atoms with Gasteiger partial charge in [0, 0.05) is 12.1 Å². The molecule has 1 aromatic carbocycles. The number of carbonyl (C=O) groups is 1. The molecule has 1 rings (SSSR count). The zero-order valence-electron chi connectivity index (χ0n) is 11.9. The van der Waals surface area contributed by atoms with E-state index in [-0.39, 0.29) is 12.3 Å². The first kappa shape index (κ1) is 15.9. The van der Waals surface area contributed by atoms with E-state index in [4.69, 9.17) is 9.47 Å². The SMILES string of the molecule is CNC(C)(COc1ccc([N+](=O)[O-])cc1C)C(=O)OC. The van der Waals surface area contributed by atoms with Gasteiger partial charge >= 0.3 is 5.97 Å². The van der Waals surface area contributed by atoms with E-state index in [0.29, 0.717) is 11.3 Å². The summed E-state index contributed by atoms with van der Waals surface area (Å²) in [6, 6.07) is 4.29. The van der Waals surface area contributed by atoms with Gasteiger partial charge in [-0.05, 0) is 32.5 Å². The monoisotopic (exact) mass is 282 g/mol. The second-order valence-corrected chi connectivity index (χ2v) is 4.57. The van der Waals surface area contributed by atoms with Crippen LogP contribution >= 0.6 is 0 Å². The molecule has 0 saturated carbocycles. The molecule has 20 heavy (non-hydrogen) atoms. The average Bonchev–Trinajstić information content (AvgIpc) is 2.44. The zero-order valence-corrected chi connectivity index (χ0v) is 11.9. The smallest absolute Gasteiger partial charge is 0.329 e. The molecular formula is C13H18N2O5. The van der Waals surface area contributed by atoms with Crippen molar-refractivity contribution in [3.05, 3.63) is 33.9 Å². The number of methoxy groups -OCH3 is 1. The number of likely N-dealkylation sites (N-methyl/N-ethyl adjacent to an activating group) is 1. The van der Waals surface area contributed by atoms with Crippen LogP contribution in [0.25, 0.3) is 0 Å². The van der Waals surface area contributed by atoms with Gasteiger partial charge in [0.1, 0.15) is 17.9 Å². The third-order valence-electron chi connectivity index (χ3n) is 3.07. The van der Waals surface area contributed by atoms with Crippen LogP contribution < -0.4 is 10.1 Å². The largest absolute Gasteiger partial charge is 0.491 e. The number of hydrogen-bond donors (Lipinski definition) is 1. The fourth-order valence-electron chi connectivity index (χ4n) is 1.59. The zero-order chi connectivity index (χ0) is 15.3. The van der Waals surface area contributed by atoms with Crippen molar-refractivity contribution in [2.45, 2.75) is 19.4 Å². The molecule has 0 aromatic heterocycles. The number of esters is 1. The number of nitro groups is 1. The molecule has 0 saturated heterocycles. The van der Waals surface area contributed by atoms with E-state index in [9.17, 15) is 14.9 Å². The minimum absolute atomic E-state index is 0.000744. The molecule has 7 nitrogen and oxygen atoms in total. The van der Waals surface area contributed by atoms with Crippen molar-refractivity contribution in [1.82, 2.24) is 5.32 Å². The predicted molar refractivity (Wildman–Crippen MR) is 72.8 cm³/mol. The van der Waals surface area contributed by atoms with Crippen LogP contribution in [0.1, 0.15) is 12.5 Å². The normalized spacial score (nSPS) is 13.4. The van der Waals surface area contributed by atoms with Crippen molar-refractivity contribution in [2.24, 2.45) is 0 Å². The summed E-state index contributed by atoms with van der Waals surface area (Å²) in [6.07, 6.45) is 0. The number of benzene rings is 1. The molecule has 110 valence electrons. The first-order valence-corrected chi connectivity index (χ1v) is 5.99. The molecule has 0 heterocycles. The Bertz CT molecular complexity index is 517. The van der Waals surface area contributed by atoms with Crippen LogP contribution in [0.15, 0.2) is 18.2 Å². The first-order chi connectivity index (χ1) is 9.34. The highest BCUT2D eigenvalue weighted by molar-refractivity contribution is 5.80. The van der Waals surface area contributed by atoms with Gasteiger partial charge in [-0.15, -0.1) is 0 Å². The van der Waals surface area contributed by atoms with E-state index in [1.54, 1.807) is 20.9 Å². The fraction of sp³-hybridized carbons (Fsp3) is 0.462. The topological polar surface area (TPSA) is 90.7 Å². The van der Waals surface area contributed by atoms with E-state index < -0.39 is 16.4 Å². The Hall–Kier alpha value is -2.15. The molecule has 0 aliphatic carbocycles. The van der Waals surface area contributed by atoms with Gasteiger partial charge in [-0.1, -0.05) is 0 Å². The second-order valence-electron chi connectivity index (χ2n) is 4.57. The fourth-order valence-corrected chi connectivity index (χ4v) is 1.59. The van der Waals surface area contributed by atoms with Gasteiger partial charge in [0.2, 0.25) is 0 Å². The van der Waals surface area contributed by atoms with Crippen molar-refractivity contribution < 1.29 is 19.2 Å². The van der Waals surface area contributed by atoms with E-state index in [1.165, 1.54) is 25.3 Å². The van der Waals surface area contributed by atoms with E-state index >= 15 is 0 Å². The quantitative estimate of drug-likeness (QED) is 0.482. The Morgan fingerprint density at radius 3 is 2.60 bits per heavy atom. The number of nitro benzene ring substituents is 1. The van der Waals surface area contributed by atoms with E-state index in [2.05, 4.69) is 5.32 Å². The minimum Gasteiger partial charge on any atom is -0.491 e. The summed E-state index contributed by atoms with van der Waals surface area (Å²) < 4.78 is 10.3. The number of rotatable bonds is 6. The molecule has 0 spiro atoms. The first-order valence-electron chi connectivity index (χ1n) is 5.99. The van der Waals surface area contributed by atoms with Crippen LogP contribution in [0.4, 0.5) is 5.69 Å². The number of nitrogens with one attached hydrogen (secondary N) is 1. The Labute approximate surface area is 117 Å². The van der Waals surface area contributed by atoms with Crippen LogP contribution in [0.5, 0.6) is 5.75 Å². The van der Waals surface area contributed by atoms with Crippen LogP contribution in [0, 0.1) is 17.0 Å². The lowest BCUT2D eigenvalue weighted by Gasteiger charge is -2.26. The molecular weight excluding hydrogens is 264 g/mol. The molecule has 0 radical (unpaired) electrons. The summed E-state index contributed by atoms with van der Waals surface area (Å²) in [5, 5.41) is 13.5. The second kappa shape index (κ2) is 6.33. The highest BCUT2D eigenvalue weighted by Crippen LogP contribution is 2.24. The van der Waals surface area contributed by atoms with Crippen molar-refractivity contribution in [1.29, 1.82) is 0 Å². The number of nitrogens with zero attached hydrogens (tertiary/aromatic N) is 1. The number of non-ortho nitro benzene ring substituents is 1. The van der Waals surface area contributed by atoms with Gasteiger partial charge in [0.05, 0.1) is 12.0 Å². The van der Waals surface area contributed by atoms with Crippen LogP contribution in [0.2, 0.25) is 0 Å². The molecule has 1 unspecified atom stereocenters. The van der Waals surface area contributed by atoms with Gasteiger partial charge in [-0.2, -0.15) is 0 Å². The molecule has 0 amide bonds. The van der Waals surface area contributed by atoms with Crippen molar-refractivity contribution in [3.8, 4) is 5.75 Å².